The predicted octanol–water partition coefficient (Wildman–Crippen LogP) is 1.35. The number of hydrogen-bond donors (Lipinski definition) is 3. The van der Waals surface area contributed by atoms with Gasteiger partial charge in [-0.25, -0.2) is 0 Å². The first kappa shape index (κ1) is 12.6. The van der Waals surface area contributed by atoms with Crippen molar-refractivity contribution in [2.75, 3.05) is 5.32 Å². The number of aliphatic carboxylic acids is 1. The number of nitrogens with two attached hydrogens (primary N) is 1. The van der Waals surface area contributed by atoms with Gasteiger partial charge in [-0.2, -0.15) is 0 Å². The number of carbonyl (C=O) groups is 2. The molecule has 1 aromatic carbocycles. The molecule has 1 heterocycles. The third kappa shape index (κ3) is 2.51. The van der Waals surface area contributed by atoms with Gasteiger partial charge < -0.3 is 16.2 Å². The number of amides is 1. The summed E-state index contributed by atoms with van der Waals surface area (Å²) in [6, 6.07) is 3.51. The second-order valence-electron chi connectivity index (χ2n) is 4.65. The van der Waals surface area contributed by atoms with Gasteiger partial charge in [0.25, 0.3) is 0 Å². The van der Waals surface area contributed by atoms with E-state index >= 15 is 0 Å². The number of anilines is 1. The van der Waals surface area contributed by atoms with Crippen LogP contribution in [0.15, 0.2) is 12.1 Å². The van der Waals surface area contributed by atoms with Gasteiger partial charge in [0.15, 0.2) is 0 Å². The maximum atomic E-state index is 11.4. The van der Waals surface area contributed by atoms with Crippen molar-refractivity contribution in [3.63, 3.8) is 0 Å². The molecule has 0 fully saturated rings. The average Bonchev–Trinajstić information content (AvgIpc) is 2.64. The fourth-order valence-corrected chi connectivity index (χ4v) is 2.27. The van der Waals surface area contributed by atoms with Gasteiger partial charge in [-0.1, -0.05) is 17.7 Å². The lowest BCUT2D eigenvalue weighted by atomic mass is 9.96. The van der Waals surface area contributed by atoms with E-state index in [1.165, 1.54) is 0 Å². The monoisotopic (exact) mass is 248 g/mol. The molecule has 0 bridgehead atoms. The Kier molecular flexibility index (Phi) is 3.34. The zero-order valence-electron chi connectivity index (χ0n) is 10.2. The Morgan fingerprint density at radius 3 is 2.94 bits per heavy atom. The Balaban J connectivity index is 2.28. The highest BCUT2D eigenvalue weighted by molar-refractivity contribution is 6.00. The van der Waals surface area contributed by atoms with E-state index in [-0.39, 0.29) is 18.4 Å². The van der Waals surface area contributed by atoms with Crippen LogP contribution >= 0.6 is 0 Å². The van der Waals surface area contributed by atoms with Gasteiger partial charge in [-0.3, -0.25) is 9.59 Å². The number of benzene rings is 1. The Morgan fingerprint density at radius 1 is 1.56 bits per heavy atom. The van der Waals surface area contributed by atoms with Crippen LogP contribution in [0.25, 0.3) is 0 Å². The molecule has 5 nitrogen and oxygen atoms in total. The van der Waals surface area contributed by atoms with E-state index in [1.807, 2.05) is 19.1 Å². The van der Waals surface area contributed by atoms with Gasteiger partial charge >= 0.3 is 5.97 Å². The van der Waals surface area contributed by atoms with Crippen molar-refractivity contribution in [2.24, 2.45) is 5.73 Å². The lowest BCUT2D eigenvalue weighted by Crippen LogP contribution is -2.15. The molecule has 0 spiro atoms. The van der Waals surface area contributed by atoms with E-state index < -0.39 is 5.97 Å². The van der Waals surface area contributed by atoms with Crippen molar-refractivity contribution in [2.45, 2.75) is 32.2 Å². The number of carboxylic acid groups (broad SMARTS) is 1. The minimum Gasteiger partial charge on any atom is -0.481 e. The van der Waals surface area contributed by atoms with Crippen LogP contribution in [0, 0.1) is 6.92 Å². The summed E-state index contributed by atoms with van der Waals surface area (Å²) in [5.74, 6) is -0.902. The molecule has 1 aliphatic heterocycles. The highest BCUT2D eigenvalue weighted by Crippen LogP contribution is 2.33. The molecule has 0 saturated heterocycles. The second-order valence-corrected chi connectivity index (χ2v) is 4.65. The minimum absolute atomic E-state index is 0.0256. The summed E-state index contributed by atoms with van der Waals surface area (Å²) in [6.07, 6.45) is 0.759. The van der Waals surface area contributed by atoms with Crippen molar-refractivity contribution in [3.8, 4) is 0 Å². The normalized spacial score (nSPS) is 15.1. The largest absolute Gasteiger partial charge is 0.481 e. The molecule has 5 heteroatoms. The van der Waals surface area contributed by atoms with Gasteiger partial charge in [0.2, 0.25) is 5.91 Å². The number of aryl methyl sites for hydroxylation is 1. The van der Waals surface area contributed by atoms with Crippen LogP contribution in [0.3, 0.4) is 0 Å². The average molecular weight is 248 g/mol. The maximum absolute atomic E-state index is 11.4. The number of rotatable bonds is 4. The van der Waals surface area contributed by atoms with Gasteiger partial charge in [0.1, 0.15) is 0 Å². The molecule has 0 radical (unpaired) electrons. The minimum atomic E-state index is -0.862. The van der Waals surface area contributed by atoms with Crippen LogP contribution in [-0.2, 0) is 16.0 Å². The van der Waals surface area contributed by atoms with Gasteiger partial charge in [-0.15, -0.1) is 0 Å². The third-order valence-corrected chi connectivity index (χ3v) is 3.08. The van der Waals surface area contributed by atoms with Gasteiger partial charge in [0.05, 0.1) is 6.42 Å². The lowest BCUT2D eigenvalue weighted by Gasteiger charge is -2.16. The Morgan fingerprint density at radius 2 is 2.28 bits per heavy atom. The van der Waals surface area contributed by atoms with Gasteiger partial charge in [-0.05, 0) is 24.5 Å². The molecule has 18 heavy (non-hydrogen) atoms. The first-order valence-electron chi connectivity index (χ1n) is 5.88. The van der Waals surface area contributed by atoms with Crippen molar-refractivity contribution in [3.05, 3.63) is 28.8 Å². The lowest BCUT2D eigenvalue weighted by molar-refractivity contribution is -0.137. The van der Waals surface area contributed by atoms with Gasteiger partial charge in [0, 0.05) is 18.2 Å². The second kappa shape index (κ2) is 4.78. The quantitative estimate of drug-likeness (QED) is 0.750. The molecule has 1 unspecified atom stereocenters. The Labute approximate surface area is 105 Å². The van der Waals surface area contributed by atoms with E-state index in [4.69, 9.17) is 10.8 Å². The smallest absolute Gasteiger partial charge is 0.303 e. The molecule has 96 valence electrons. The number of hydrogen-bond acceptors (Lipinski definition) is 3. The summed E-state index contributed by atoms with van der Waals surface area (Å²) < 4.78 is 0. The summed E-state index contributed by atoms with van der Waals surface area (Å²) in [5, 5.41) is 11.5. The fraction of sp³-hybridized carbons (Fsp3) is 0.385. The molecule has 4 N–H and O–H groups in total. The summed E-state index contributed by atoms with van der Waals surface area (Å²) in [5.41, 5.74) is 9.59. The summed E-state index contributed by atoms with van der Waals surface area (Å²) in [4.78, 5) is 22.0. The predicted molar refractivity (Wildman–Crippen MR) is 67.3 cm³/mol. The number of nitrogens with one attached hydrogen (secondary N) is 1. The number of carboxylic acids is 1. The molecule has 1 atom stereocenters. The molecule has 0 aliphatic carbocycles. The highest BCUT2D eigenvalue weighted by atomic mass is 16.4. The van der Waals surface area contributed by atoms with Crippen LogP contribution < -0.4 is 11.1 Å². The van der Waals surface area contributed by atoms with Crippen molar-refractivity contribution in [1.82, 2.24) is 0 Å². The molecule has 0 saturated carbocycles. The van der Waals surface area contributed by atoms with Crippen molar-refractivity contribution < 1.29 is 14.7 Å². The maximum Gasteiger partial charge on any atom is 0.303 e. The molecule has 1 aromatic rings. The SMILES string of the molecule is Cc1cc2c(c(C(N)CCC(=O)O)c1)NC(=O)C2. The number of carbonyl (C=O) groups excluding carboxylic acids is 1. The first-order valence-corrected chi connectivity index (χ1v) is 5.88. The summed E-state index contributed by atoms with van der Waals surface area (Å²) in [6.45, 7) is 1.94. The van der Waals surface area contributed by atoms with E-state index in [1.54, 1.807) is 0 Å². The van der Waals surface area contributed by atoms with Crippen LogP contribution in [0.5, 0.6) is 0 Å². The van der Waals surface area contributed by atoms with Crippen LogP contribution in [0.1, 0.15) is 35.6 Å². The topological polar surface area (TPSA) is 92.4 Å². The van der Waals surface area contributed by atoms with E-state index in [0.717, 1.165) is 22.4 Å². The molecular formula is C13H16N2O3. The zero-order chi connectivity index (χ0) is 13.3. The van der Waals surface area contributed by atoms with Crippen LogP contribution in [0.2, 0.25) is 0 Å². The molecule has 1 amide bonds. The van der Waals surface area contributed by atoms with Crippen molar-refractivity contribution in [1.29, 1.82) is 0 Å². The van der Waals surface area contributed by atoms with E-state index in [0.29, 0.717) is 12.8 Å². The van der Waals surface area contributed by atoms with E-state index in [9.17, 15) is 9.59 Å². The first-order chi connectivity index (χ1) is 8.47. The zero-order valence-corrected chi connectivity index (χ0v) is 10.2. The molecule has 1 aliphatic rings. The highest BCUT2D eigenvalue weighted by Gasteiger charge is 2.23. The van der Waals surface area contributed by atoms with Crippen LogP contribution in [0.4, 0.5) is 5.69 Å². The molecular weight excluding hydrogens is 232 g/mol. The fourth-order valence-electron chi connectivity index (χ4n) is 2.27. The number of fused-ring (bicyclic) bond motifs is 1. The van der Waals surface area contributed by atoms with E-state index in [2.05, 4.69) is 5.32 Å². The molecule has 0 aromatic heterocycles. The molecule has 2 rings (SSSR count). The van der Waals surface area contributed by atoms with Crippen molar-refractivity contribution >= 4 is 17.6 Å². The van der Waals surface area contributed by atoms with Crippen LogP contribution in [-0.4, -0.2) is 17.0 Å². The standard InChI is InChI=1S/C13H16N2O3/c1-7-4-8-6-11(16)15-13(8)9(5-7)10(14)2-3-12(17)18/h4-5,10H,2-3,6,14H2,1H3,(H,15,16)(H,17,18). The third-order valence-electron chi connectivity index (χ3n) is 3.08. The summed E-state index contributed by atoms with van der Waals surface area (Å²) in [7, 11) is 0. The Hall–Kier alpha value is -1.88. The Bertz CT molecular complexity index is 511. The summed E-state index contributed by atoms with van der Waals surface area (Å²) >= 11 is 0.